The van der Waals surface area contributed by atoms with E-state index < -0.39 is 17.3 Å². The van der Waals surface area contributed by atoms with Crippen LogP contribution in [0.4, 0.5) is 0 Å². The summed E-state index contributed by atoms with van der Waals surface area (Å²) in [6, 6.07) is 2.91. The summed E-state index contributed by atoms with van der Waals surface area (Å²) in [4.78, 5) is 39.5. The number of aromatic hydroxyl groups is 1. The van der Waals surface area contributed by atoms with E-state index in [4.69, 9.17) is 4.74 Å². The molecule has 8 nitrogen and oxygen atoms in total. The highest BCUT2D eigenvalue weighted by Gasteiger charge is 2.16. The smallest absolute Gasteiger partial charge is 0.343 e. The van der Waals surface area contributed by atoms with Crippen molar-refractivity contribution >= 4 is 17.8 Å². The molecular weight excluding hydrogens is 340 g/mol. The maximum absolute atomic E-state index is 12.3. The van der Waals surface area contributed by atoms with Crippen LogP contribution in [0, 0.1) is 6.92 Å². The van der Waals surface area contributed by atoms with Crippen LogP contribution in [0.3, 0.4) is 0 Å². The highest BCUT2D eigenvalue weighted by molar-refractivity contribution is 6.08. The Balaban J connectivity index is 2.20. The van der Waals surface area contributed by atoms with E-state index in [1.165, 1.54) is 43.3 Å². The van der Waals surface area contributed by atoms with E-state index in [9.17, 15) is 19.5 Å². The highest BCUT2D eigenvalue weighted by Crippen LogP contribution is 2.17. The molecule has 0 aliphatic rings. The number of carbonyl (C=O) groups is 2. The van der Waals surface area contributed by atoms with Gasteiger partial charge in [-0.15, -0.1) is 0 Å². The van der Waals surface area contributed by atoms with Crippen LogP contribution >= 0.6 is 0 Å². The van der Waals surface area contributed by atoms with Gasteiger partial charge >= 0.3 is 5.97 Å². The lowest BCUT2D eigenvalue weighted by molar-refractivity contribution is -0.142. The van der Waals surface area contributed by atoms with Crippen LogP contribution in [0.15, 0.2) is 35.4 Å². The predicted octanol–water partition coefficient (Wildman–Crippen LogP) is 1.24. The lowest BCUT2D eigenvalue weighted by atomic mass is 10.1. The van der Waals surface area contributed by atoms with Gasteiger partial charge in [-0.3, -0.25) is 14.6 Å². The molecule has 0 aromatic carbocycles. The Labute approximate surface area is 149 Å². The van der Waals surface area contributed by atoms with Crippen molar-refractivity contribution in [1.29, 1.82) is 0 Å². The zero-order valence-corrected chi connectivity index (χ0v) is 14.6. The fourth-order valence-corrected chi connectivity index (χ4v) is 2.10. The molecule has 0 saturated heterocycles. The zero-order chi connectivity index (χ0) is 19.3. The van der Waals surface area contributed by atoms with Crippen molar-refractivity contribution in [2.75, 3.05) is 13.7 Å². The molecule has 0 unspecified atom stereocenters. The van der Waals surface area contributed by atoms with Crippen molar-refractivity contribution in [3.05, 3.63) is 57.8 Å². The third kappa shape index (κ3) is 4.35. The molecule has 26 heavy (non-hydrogen) atoms. The van der Waals surface area contributed by atoms with Crippen LogP contribution < -0.4 is 10.3 Å². The van der Waals surface area contributed by atoms with Gasteiger partial charge in [0.2, 0.25) is 0 Å². The molecule has 0 aliphatic heterocycles. The normalized spacial score (nSPS) is 10.7. The summed E-state index contributed by atoms with van der Waals surface area (Å²) >= 11 is 0. The third-order valence-corrected chi connectivity index (χ3v) is 3.64. The molecule has 1 N–H and O–H groups in total. The van der Waals surface area contributed by atoms with Crippen LogP contribution in [-0.2, 0) is 16.6 Å². The molecule has 0 amide bonds. The molecule has 0 spiro atoms. The number of methoxy groups -OCH3 is 1. The second-order valence-electron chi connectivity index (χ2n) is 5.43. The Bertz CT molecular complexity index is 930. The number of carbonyl (C=O) groups excluding carboxylic acids is 2. The molecular formula is C18H18N2O6. The fraction of sp³-hybridized carbons (Fsp3) is 0.222. The molecule has 0 atom stereocenters. The lowest BCUT2D eigenvalue weighted by Gasteiger charge is -2.07. The van der Waals surface area contributed by atoms with E-state index in [0.717, 1.165) is 6.08 Å². The lowest BCUT2D eigenvalue weighted by Crippen LogP contribution is -2.25. The maximum atomic E-state index is 12.3. The minimum absolute atomic E-state index is 0.266. The quantitative estimate of drug-likeness (QED) is 0.470. The predicted molar refractivity (Wildman–Crippen MR) is 93.2 cm³/mol. The van der Waals surface area contributed by atoms with E-state index in [-0.39, 0.29) is 17.9 Å². The van der Waals surface area contributed by atoms with Gasteiger partial charge in [0.05, 0.1) is 13.3 Å². The summed E-state index contributed by atoms with van der Waals surface area (Å²) in [5, 5.41) is 9.91. The molecule has 0 fully saturated rings. The number of hydrogen-bond donors (Lipinski definition) is 1. The molecule has 2 aromatic heterocycles. The molecule has 136 valence electrons. The Morgan fingerprint density at radius 2 is 2.04 bits per heavy atom. The Morgan fingerprint density at radius 1 is 1.31 bits per heavy atom. The first kappa shape index (κ1) is 18.9. The average molecular weight is 358 g/mol. The topological polar surface area (TPSA) is 108 Å². The van der Waals surface area contributed by atoms with Gasteiger partial charge in [-0.25, -0.2) is 4.79 Å². The van der Waals surface area contributed by atoms with E-state index in [1.807, 2.05) is 0 Å². The number of allylic oxidation sites excluding steroid dienone is 1. The second kappa shape index (κ2) is 8.11. The summed E-state index contributed by atoms with van der Waals surface area (Å²) in [5.74, 6) is -1.22. The van der Waals surface area contributed by atoms with Crippen molar-refractivity contribution in [2.24, 2.45) is 7.05 Å². The van der Waals surface area contributed by atoms with Crippen LogP contribution in [0.2, 0.25) is 0 Å². The maximum Gasteiger partial charge on any atom is 0.343 e. The standard InChI is InChI=1S/C18H18N2O6/c1-11-6-15(22)17(18(24)20(11)2)14(21)5-4-12-7-13(9-19-8-12)26-10-16(23)25-3/h4-9,22H,10H2,1-3H3. The van der Waals surface area contributed by atoms with E-state index in [0.29, 0.717) is 17.0 Å². The average Bonchev–Trinajstić information content (AvgIpc) is 2.63. The van der Waals surface area contributed by atoms with Gasteiger partial charge < -0.3 is 19.1 Å². The van der Waals surface area contributed by atoms with Gasteiger partial charge in [0.25, 0.3) is 5.56 Å². The molecule has 2 rings (SSSR count). The van der Waals surface area contributed by atoms with Crippen LogP contribution in [0.25, 0.3) is 6.08 Å². The molecule has 8 heteroatoms. The number of ketones is 1. The van der Waals surface area contributed by atoms with E-state index in [1.54, 1.807) is 13.0 Å². The molecule has 0 saturated carbocycles. The van der Waals surface area contributed by atoms with E-state index in [2.05, 4.69) is 9.72 Å². The van der Waals surface area contributed by atoms with Crippen molar-refractivity contribution < 1.29 is 24.2 Å². The Hall–Kier alpha value is -3.42. The first-order chi connectivity index (χ1) is 12.3. The van der Waals surface area contributed by atoms with Gasteiger partial charge in [0.1, 0.15) is 17.1 Å². The van der Waals surface area contributed by atoms with Crippen molar-refractivity contribution in [2.45, 2.75) is 6.92 Å². The van der Waals surface area contributed by atoms with Crippen LogP contribution in [-0.4, -0.2) is 40.1 Å². The first-order valence-corrected chi connectivity index (χ1v) is 7.60. The number of nitrogens with zero attached hydrogens (tertiary/aromatic N) is 2. The van der Waals surface area contributed by atoms with Crippen LogP contribution in [0.5, 0.6) is 11.5 Å². The minimum atomic E-state index is -0.635. The Morgan fingerprint density at radius 3 is 2.73 bits per heavy atom. The van der Waals surface area contributed by atoms with Gasteiger partial charge in [0, 0.05) is 25.0 Å². The van der Waals surface area contributed by atoms with Gasteiger partial charge in [0.15, 0.2) is 12.4 Å². The molecule has 0 bridgehead atoms. The number of ether oxygens (including phenoxy) is 2. The highest BCUT2D eigenvalue weighted by atomic mass is 16.6. The molecule has 2 aromatic rings. The Kier molecular flexibility index (Phi) is 5.90. The number of pyridine rings is 2. The summed E-state index contributed by atoms with van der Waals surface area (Å²) in [7, 11) is 2.77. The summed E-state index contributed by atoms with van der Waals surface area (Å²) in [5.41, 5.74) is 0.169. The fourth-order valence-electron chi connectivity index (χ4n) is 2.10. The number of aryl methyl sites for hydroxylation is 1. The van der Waals surface area contributed by atoms with Gasteiger partial charge in [-0.05, 0) is 30.7 Å². The minimum Gasteiger partial charge on any atom is -0.507 e. The van der Waals surface area contributed by atoms with Gasteiger partial charge in [-0.1, -0.05) is 0 Å². The summed E-state index contributed by atoms with van der Waals surface area (Å²) in [6.45, 7) is 1.38. The molecule has 2 heterocycles. The number of hydrogen-bond acceptors (Lipinski definition) is 7. The van der Waals surface area contributed by atoms with Crippen LogP contribution in [0.1, 0.15) is 21.6 Å². The van der Waals surface area contributed by atoms with Crippen molar-refractivity contribution in [1.82, 2.24) is 9.55 Å². The van der Waals surface area contributed by atoms with Crippen molar-refractivity contribution in [3.8, 4) is 11.5 Å². The number of aromatic nitrogens is 2. The second-order valence-corrected chi connectivity index (χ2v) is 5.43. The number of esters is 1. The molecule has 0 radical (unpaired) electrons. The summed E-state index contributed by atoms with van der Waals surface area (Å²) in [6.07, 6.45) is 5.47. The van der Waals surface area contributed by atoms with E-state index >= 15 is 0 Å². The van der Waals surface area contributed by atoms with Gasteiger partial charge in [-0.2, -0.15) is 0 Å². The molecule has 0 aliphatic carbocycles. The first-order valence-electron chi connectivity index (χ1n) is 7.60. The number of rotatable bonds is 6. The summed E-state index contributed by atoms with van der Waals surface area (Å²) < 4.78 is 11.0. The largest absolute Gasteiger partial charge is 0.507 e. The van der Waals surface area contributed by atoms with Crippen molar-refractivity contribution in [3.63, 3.8) is 0 Å². The third-order valence-electron chi connectivity index (χ3n) is 3.64. The monoisotopic (exact) mass is 358 g/mol. The SMILES string of the molecule is COC(=O)COc1cncc(C=CC(=O)c2c(O)cc(C)n(C)c2=O)c1. The zero-order valence-electron chi connectivity index (χ0n) is 14.6.